The second-order valence-electron chi connectivity index (χ2n) is 5.32. The van der Waals surface area contributed by atoms with Gasteiger partial charge in [-0.05, 0) is 29.8 Å². The van der Waals surface area contributed by atoms with Crippen LogP contribution in [0.1, 0.15) is 15.9 Å². The fourth-order valence-electron chi connectivity index (χ4n) is 2.20. The van der Waals surface area contributed by atoms with E-state index in [9.17, 15) is 4.79 Å². The lowest BCUT2D eigenvalue weighted by Gasteiger charge is -2.12. The fourth-order valence-corrected chi connectivity index (χ4v) is 2.20. The zero-order valence-electron chi connectivity index (χ0n) is 15.0. The van der Waals surface area contributed by atoms with Gasteiger partial charge < -0.3 is 20.7 Å². The Kier molecular flexibility index (Phi) is 10.1. The van der Waals surface area contributed by atoms with E-state index < -0.39 is 0 Å². The van der Waals surface area contributed by atoms with Crippen LogP contribution in [0.2, 0.25) is 0 Å². The molecule has 0 aliphatic heterocycles. The zero-order chi connectivity index (χ0) is 17.9. The Morgan fingerprint density at radius 1 is 0.962 bits per heavy atom. The van der Waals surface area contributed by atoms with Crippen LogP contribution in [0.15, 0.2) is 59.6 Å². The van der Waals surface area contributed by atoms with Gasteiger partial charge in [-0.2, -0.15) is 0 Å². The Hall–Kier alpha value is -2.29. The summed E-state index contributed by atoms with van der Waals surface area (Å²) in [6.07, 6.45) is 0. The van der Waals surface area contributed by atoms with Crippen molar-refractivity contribution in [2.24, 2.45) is 4.99 Å². The largest absolute Gasteiger partial charge is 0.497 e. The Morgan fingerprint density at radius 2 is 1.62 bits per heavy atom. The highest BCUT2D eigenvalue weighted by Crippen LogP contribution is 2.10. The van der Waals surface area contributed by atoms with E-state index in [1.165, 1.54) is 0 Å². The van der Waals surface area contributed by atoms with Gasteiger partial charge in [0.1, 0.15) is 5.75 Å². The third-order valence-electron chi connectivity index (χ3n) is 3.58. The number of nitrogens with one attached hydrogen (secondary N) is 3. The quantitative estimate of drug-likeness (QED) is 0.253. The van der Waals surface area contributed by atoms with Gasteiger partial charge in [0, 0.05) is 32.2 Å². The lowest BCUT2D eigenvalue weighted by atomic mass is 10.2. The Labute approximate surface area is 171 Å². The monoisotopic (exact) mass is 468 g/mol. The molecule has 0 aromatic heterocycles. The summed E-state index contributed by atoms with van der Waals surface area (Å²) in [7, 11) is 3.36. The van der Waals surface area contributed by atoms with Crippen molar-refractivity contribution in [3.63, 3.8) is 0 Å². The molecule has 1 amide bonds. The highest BCUT2D eigenvalue weighted by Gasteiger charge is 2.03. The number of carbonyl (C=O) groups is 1. The molecule has 2 aromatic rings. The summed E-state index contributed by atoms with van der Waals surface area (Å²) >= 11 is 0. The molecule has 0 saturated heterocycles. The number of nitrogens with zero attached hydrogens (tertiary/aromatic N) is 1. The minimum atomic E-state index is -0.0800. The molecule has 7 heteroatoms. The molecule has 0 saturated carbocycles. The summed E-state index contributed by atoms with van der Waals surface area (Å²) in [6.45, 7) is 1.75. The van der Waals surface area contributed by atoms with Gasteiger partial charge >= 0.3 is 0 Å². The number of benzene rings is 2. The number of ether oxygens (including phenoxy) is 1. The summed E-state index contributed by atoms with van der Waals surface area (Å²) in [6, 6.07) is 17.0. The van der Waals surface area contributed by atoms with Crippen molar-refractivity contribution in [3.8, 4) is 5.75 Å². The first-order chi connectivity index (χ1) is 12.2. The number of amides is 1. The average molecular weight is 468 g/mol. The third-order valence-corrected chi connectivity index (χ3v) is 3.58. The van der Waals surface area contributed by atoms with Gasteiger partial charge in [-0.3, -0.25) is 9.79 Å². The van der Waals surface area contributed by atoms with Crippen LogP contribution in [0.3, 0.4) is 0 Å². The van der Waals surface area contributed by atoms with E-state index in [0.717, 1.165) is 11.3 Å². The summed E-state index contributed by atoms with van der Waals surface area (Å²) in [4.78, 5) is 16.1. The van der Waals surface area contributed by atoms with E-state index in [-0.39, 0.29) is 29.9 Å². The number of rotatable bonds is 7. The van der Waals surface area contributed by atoms with Crippen molar-refractivity contribution in [2.45, 2.75) is 6.54 Å². The molecule has 0 spiro atoms. The average Bonchev–Trinajstić information content (AvgIpc) is 2.68. The third kappa shape index (κ3) is 7.30. The first kappa shape index (κ1) is 21.8. The van der Waals surface area contributed by atoms with Crippen molar-refractivity contribution in [1.29, 1.82) is 0 Å². The molecule has 0 bridgehead atoms. The number of hydrogen-bond donors (Lipinski definition) is 3. The molecule has 2 rings (SSSR count). The molecule has 6 nitrogen and oxygen atoms in total. The van der Waals surface area contributed by atoms with Gasteiger partial charge in [-0.1, -0.05) is 30.3 Å². The molecule has 3 N–H and O–H groups in total. The van der Waals surface area contributed by atoms with Crippen LogP contribution in [0, 0.1) is 0 Å². The number of hydrogen-bond acceptors (Lipinski definition) is 3. The molecule has 0 radical (unpaired) electrons. The maximum Gasteiger partial charge on any atom is 0.251 e. The van der Waals surface area contributed by atoms with E-state index in [1.54, 1.807) is 26.3 Å². The van der Waals surface area contributed by atoms with Gasteiger partial charge in [0.25, 0.3) is 5.91 Å². The van der Waals surface area contributed by atoms with Crippen molar-refractivity contribution >= 4 is 35.8 Å². The van der Waals surface area contributed by atoms with Gasteiger partial charge in [0.15, 0.2) is 5.96 Å². The van der Waals surface area contributed by atoms with Crippen LogP contribution in [-0.2, 0) is 6.54 Å². The number of halogens is 1. The zero-order valence-corrected chi connectivity index (χ0v) is 17.3. The van der Waals surface area contributed by atoms with Crippen LogP contribution in [0.5, 0.6) is 5.75 Å². The van der Waals surface area contributed by atoms with Crippen LogP contribution in [-0.4, -0.2) is 39.1 Å². The van der Waals surface area contributed by atoms with Crippen LogP contribution in [0.4, 0.5) is 0 Å². The number of aliphatic imine (C=N–C) groups is 1. The first-order valence-corrected chi connectivity index (χ1v) is 8.13. The fraction of sp³-hybridized carbons (Fsp3) is 0.263. The van der Waals surface area contributed by atoms with Gasteiger partial charge in [0.2, 0.25) is 0 Å². The molecule has 0 aliphatic carbocycles. The summed E-state index contributed by atoms with van der Waals surface area (Å²) in [5, 5.41) is 9.26. The molecule has 0 fully saturated rings. The number of carbonyl (C=O) groups excluding carboxylic acids is 1. The topological polar surface area (TPSA) is 74.8 Å². The second kappa shape index (κ2) is 12.1. The highest BCUT2D eigenvalue weighted by atomic mass is 127. The summed E-state index contributed by atoms with van der Waals surface area (Å²) in [5.41, 5.74) is 1.78. The summed E-state index contributed by atoms with van der Waals surface area (Å²) < 4.78 is 5.14. The normalized spacial score (nSPS) is 10.5. The van der Waals surface area contributed by atoms with Crippen molar-refractivity contribution in [2.75, 3.05) is 27.2 Å². The maximum absolute atomic E-state index is 11.9. The van der Waals surface area contributed by atoms with E-state index in [1.807, 2.05) is 42.5 Å². The Bertz CT molecular complexity index is 690. The Balaban J connectivity index is 0.00000338. The molecule has 0 atom stereocenters. The van der Waals surface area contributed by atoms with E-state index in [0.29, 0.717) is 31.2 Å². The predicted molar refractivity (Wildman–Crippen MR) is 115 cm³/mol. The van der Waals surface area contributed by atoms with Crippen molar-refractivity contribution in [1.82, 2.24) is 16.0 Å². The SMILES string of the molecule is CN=C(NCCNC(=O)c1ccccc1)NCc1ccc(OC)cc1.I. The second-order valence-corrected chi connectivity index (χ2v) is 5.32. The summed E-state index contributed by atoms with van der Waals surface area (Å²) in [5.74, 6) is 1.44. The van der Waals surface area contributed by atoms with E-state index in [2.05, 4.69) is 20.9 Å². The minimum absolute atomic E-state index is 0. The van der Waals surface area contributed by atoms with Gasteiger partial charge in [-0.25, -0.2) is 0 Å². The molecule has 0 unspecified atom stereocenters. The number of guanidine groups is 1. The van der Waals surface area contributed by atoms with Crippen molar-refractivity contribution in [3.05, 3.63) is 65.7 Å². The standard InChI is InChI=1S/C19H24N4O2.HI/c1-20-19(23-14-15-8-10-17(25-2)11-9-15)22-13-12-21-18(24)16-6-4-3-5-7-16;/h3-11H,12-14H2,1-2H3,(H,21,24)(H2,20,22,23);1H. The van der Waals surface area contributed by atoms with Crippen molar-refractivity contribution < 1.29 is 9.53 Å². The van der Waals surface area contributed by atoms with Gasteiger partial charge in [-0.15, -0.1) is 24.0 Å². The predicted octanol–water partition coefficient (Wildman–Crippen LogP) is 2.41. The van der Waals surface area contributed by atoms with Crippen LogP contribution in [0.25, 0.3) is 0 Å². The molecule has 0 heterocycles. The highest BCUT2D eigenvalue weighted by molar-refractivity contribution is 14.0. The lowest BCUT2D eigenvalue weighted by molar-refractivity contribution is 0.0954. The van der Waals surface area contributed by atoms with Crippen LogP contribution < -0.4 is 20.7 Å². The van der Waals surface area contributed by atoms with Gasteiger partial charge in [0.05, 0.1) is 7.11 Å². The molecule has 0 aliphatic rings. The van der Waals surface area contributed by atoms with Crippen LogP contribution >= 0.6 is 24.0 Å². The lowest BCUT2D eigenvalue weighted by Crippen LogP contribution is -2.41. The molecule has 2 aromatic carbocycles. The minimum Gasteiger partial charge on any atom is -0.497 e. The van der Waals surface area contributed by atoms with E-state index >= 15 is 0 Å². The number of methoxy groups -OCH3 is 1. The molecular formula is C19H25IN4O2. The Morgan fingerprint density at radius 3 is 2.23 bits per heavy atom. The molecule has 140 valence electrons. The van der Waals surface area contributed by atoms with E-state index in [4.69, 9.17) is 4.74 Å². The first-order valence-electron chi connectivity index (χ1n) is 8.13. The molecular weight excluding hydrogens is 443 g/mol. The molecule has 26 heavy (non-hydrogen) atoms. The maximum atomic E-state index is 11.9. The smallest absolute Gasteiger partial charge is 0.251 e.